The average Bonchev–Trinajstić information content (AvgIpc) is 3.14. The number of urea groups is 1. The van der Waals surface area contributed by atoms with Crippen LogP contribution in [0.1, 0.15) is 5.56 Å². The third-order valence-corrected chi connectivity index (χ3v) is 4.57. The van der Waals surface area contributed by atoms with Crippen LogP contribution in [0.5, 0.6) is 5.75 Å². The third-order valence-electron chi connectivity index (χ3n) is 3.82. The summed E-state index contributed by atoms with van der Waals surface area (Å²) in [6.45, 7) is -1.32. The summed E-state index contributed by atoms with van der Waals surface area (Å²) >= 11 is 1.12. The number of para-hydroxylation sites is 1. The van der Waals surface area contributed by atoms with E-state index in [-0.39, 0.29) is 17.4 Å². The van der Waals surface area contributed by atoms with Crippen LogP contribution in [0.15, 0.2) is 53.9 Å². The van der Waals surface area contributed by atoms with Crippen molar-refractivity contribution in [3.8, 4) is 17.0 Å². The van der Waals surface area contributed by atoms with Crippen LogP contribution in [0.3, 0.4) is 0 Å². The highest BCUT2D eigenvalue weighted by molar-refractivity contribution is 7.14. The van der Waals surface area contributed by atoms with E-state index in [0.717, 1.165) is 16.9 Å². The van der Waals surface area contributed by atoms with Crippen LogP contribution in [0.25, 0.3) is 11.3 Å². The van der Waals surface area contributed by atoms with Gasteiger partial charge in [0.2, 0.25) is 5.91 Å². The summed E-state index contributed by atoms with van der Waals surface area (Å²) in [6, 6.07) is 13.0. The average molecular weight is 432 g/mol. The SMILES string of the molecule is Cc1cccc(NC(=O)NCC(=O)Nc2nc(-c3ccccc3OC(F)F)cs2)c1. The molecule has 1 heterocycles. The van der Waals surface area contributed by atoms with Gasteiger partial charge in [0.1, 0.15) is 5.75 Å². The summed E-state index contributed by atoms with van der Waals surface area (Å²) in [5.74, 6) is -0.488. The van der Waals surface area contributed by atoms with E-state index < -0.39 is 18.5 Å². The number of hydrogen-bond acceptors (Lipinski definition) is 5. The lowest BCUT2D eigenvalue weighted by Gasteiger charge is -2.08. The van der Waals surface area contributed by atoms with E-state index in [2.05, 4.69) is 25.7 Å². The van der Waals surface area contributed by atoms with E-state index in [9.17, 15) is 18.4 Å². The molecule has 0 bridgehead atoms. The Morgan fingerprint density at radius 2 is 1.93 bits per heavy atom. The van der Waals surface area contributed by atoms with Gasteiger partial charge in [0, 0.05) is 16.6 Å². The lowest BCUT2D eigenvalue weighted by molar-refractivity contribution is -0.115. The number of nitrogens with zero attached hydrogens (tertiary/aromatic N) is 1. The van der Waals surface area contributed by atoms with E-state index in [1.165, 1.54) is 6.07 Å². The van der Waals surface area contributed by atoms with Crippen molar-refractivity contribution in [2.45, 2.75) is 13.5 Å². The molecule has 2 aromatic carbocycles. The lowest BCUT2D eigenvalue weighted by atomic mass is 10.1. The lowest BCUT2D eigenvalue weighted by Crippen LogP contribution is -2.35. The molecule has 0 spiro atoms. The zero-order valence-corrected chi connectivity index (χ0v) is 16.6. The second-order valence-corrected chi connectivity index (χ2v) is 7.00. The molecule has 0 aliphatic carbocycles. The van der Waals surface area contributed by atoms with Gasteiger partial charge in [-0.1, -0.05) is 24.3 Å². The number of amides is 3. The summed E-state index contributed by atoms with van der Waals surface area (Å²) in [5.41, 5.74) is 2.37. The molecule has 156 valence electrons. The van der Waals surface area contributed by atoms with Crippen LogP contribution in [0.2, 0.25) is 0 Å². The highest BCUT2D eigenvalue weighted by Crippen LogP contribution is 2.32. The Balaban J connectivity index is 1.55. The monoisotopic (exact) mass is 432 g/mol. The van der Waals surface area contributed by atoms with Crippen molar-refractivity contribution < 1.29 is 23.1 Å². The van der Waals surface area contributed by atoms with Crippen LogP contribution >= 0.6 is 11.3 Å². The highest BCUT2D eigenvalue weighted by atomic mass is 32.1. The van der Waals surface area contributed by atoms with Crippen molar-refractivity contribution in [1.29, 1.82) is 0 Å². The second kappa shape index (κ2) is 9.79. The number of thiazole rings is 1. The predicted octanol–water partition coefficient (Wildman–Crippen LogP) is 4.48. The zero-order valence-electron chi connectivity index (χ0n) is 15.8. The normalized spacial score (nSPS) is 10.5. The van der Waals surface area contributed by atoms with Gasteiger partial charge in [-0.25, -0.2) is 9.78 Å². The molecule has 1 aromatic heterocycles. The van der Waals surface area contributed by atoms with Gasteiger partial charge in [0.05, 0.1) is 12.2 Å². The van der Waals surface area contributed by atoms with Crippen molar-refractivity contribution in [2.24, 2.45) is 0 Å². The quantitative estimate of drug-likeness (QED) is 0.513. The fourth-order valence-electron chi connectivity index (χ4n) is 2.55. The first-order valence-corrected chi connectivity index (χ1v) is 9.70. The molecule has 3 aromatic rings. The number of ether oxygens (including phenoxy) is 1. The van der Waals surface area contributed by atoms with E-state index >= 15 is 0 Å². The summed E-state index contributed by atoms with van der Waals surface area (Å²) in [6.07, 6.45) is 0. The molecule has 0 radical (unpaired) electrons. The highest BCUT2D eigenvalue weighted by Gasteiger charge is 2.14. The molecular formula is C20H18F2N4O3S. The Morgan fingerprint density at radius 1 is 1.13 bits per heavy atom. The van der Waals surface area contributed by atoms with Gasteiger partial charge in [0.15, 0.2) is 5.13 Å². The first-order valence-electron chi connectivity index (χ1n) is 8.82. The van der Waals surface area contributed by atoms with Gasteiger partial charge in [-0.15, -0.1) is 11.3 Å². The largest absolute Gasteiger partial charge is 0.434 e. The first kappa shape index (κ1) is 21.2. The number of carbonyl (C=O) groups is 2. The van der Waals surface area contributed by atoms with Crippen molar-refractivity contribution in [3.63, 3.8) is 0 Å². The molecule has 3 rings (SSSR count). The van der Waals surface area contributed by atoms with E-state index in [0.29, 0.717) is 16.9 Å². The number of anilines is 2. The molecule has 3 amide bonds. The third kappa shape index (κ3) is 5.98. The molecule has 10 heteroatoms. The smallest absolute Gasteiger partial charge is 0.387 e. The number of hydrogen-bond donors (Lipinski definition) is 3. The summed E-state index contributed by atoms with van der Waals surface area (Å²) in [7, 11) is 0. The molecule has 7 nitrogen and oxygen atoms in total. The van der Waals surface area contributed by atoms with Gasteiger partial charge in [-0.3, -0.25) is 4.79 Å². The maximum atomic E-state index is 12.6. The minimum Gasteiger partial charge on any atom is -0.434 e. The Kier molecular flexibility index (Phi) is 6.91. The molecule has 3 N–H and O–H groups in total. The van der Waals surface area contributed by atoms with Crippen LogP contribution in [-0.4, -0.2) is 30.1 Å². The van der Waals surface area contributed by atoms with Gasteiger partial charge in [0.25, 0.3) is 0 Å². The number of aryl methyl sites for hydroxylation is 1. The van der Waals surface area contributed by atoms with Gasteiger partial charge in [-0.2, -0.15) is 8.78 Å². The standard InChI is InChI=1S/C20H18F2N4O3S/c1-12-5-4-6-13(9-12)24-19(28)23-10-17(27)26-20-25-15(11-30-20)14-7-2-3-8-16(14)29-18(21)22/h2-9,11,18H,10H2,1H3,(H2,23,24,28)(H,25,26,27). The first-order chi connectivity index (χ1) is 14.4. The van der Waals surface area contributed by atoms with Crippen molar-refractivity contribution in [3.05, 3.63) is 59.5 Å². The Bertz CT molecular complexity index is 1040. The van der Waals surface area contributed by atoms with E-state index in [1.54, 1.807) is 35.7 Å². The molecule has 0 aliphatic rings. The molecule has 30 heavy (non-hydrogen) atoms. The van der Waals surface area contributed by atoms with Crippen LogP contribution in [0, 0.1) is 6.92 Å². The van der Waals surface area contributed by atoms with Gasteiger partial charge < -0.3 is 20.7 Å². The molecule has 0 unspecified atom stereocenters. The fourth-order valence-corrected chi connectivity index (χ4v) is 3.28. The van der Waals surface area contributed by atoms with Gasteiger partial charge in [-0.05, 0) is 36.8 Å². The minimum absolute atomic E-state index is 0.00911. The molecule has 0 saturated carbocycles. The fraction of sp³-hybridized carbons (Fsp3) is 0.150. The number of carbonyl (C=O) groups excluding carboxylic acids is 2. The van der Waals surface area contributed by atoms with Crippen LogP contribution in [0.4, 0.5) is 24.4 Å². The van der Waals surface area contributed by atoms with Crippen molar-refractivity contribution in [2.75, 3.05) is 17.2 Å². The number of rotatable bonds is 7. The Hall–Kier alpha value is -3.53. The number of halogens is 2. The topological polar surface area (TPSA) is 92.4 Å². The summed E-state index contributed by atoms with van der Waals surface area (Å²) < 4.78 is 29.6. The van der Waals surface area contributed by atoms with Crippen molar-refractivity contribution >= 4 is 34.1 Å². The minimum atomic E-state index is -2.96. The summed E-state index contributed by atoms with van der Waals surface area (Å²) in [5, 5.41) is 9.52. The molecule has 0 aliphatic heterocycles. The number of aromatic nitrogens is 1. The van der Waals surface area contributed by atoms with E-state index in [1.807, 2.05) is 19.1 Å². The van der Waals surface area contributed by atoms with Crippen molar-refractivity contribution in [1.82, 2.24) is 10.3 Å². The predicted molar refractivity (Wildman–Crippen MR) is 111 cm³/mol. The molecular weight excluding hydrogens is 414 g/mol. The summed E-state index contributed by atoms with van der Waals surface area (Å²) in [4.78, 5) is 28.2. The van der Waals surface area contributed by atoms with Gasteiger partial charge >= 0.3 is 12.6 Å². The second-order valence-electron chi connectivity index (χ2n) is 6.14. The van der Waals surface area contributed by atoms with Crippen LogP contribution in [-0.2, 0) is 4.79 Å². The van der Waals surface area contributed by atoms with Crippen LogP contribution < -0.4 is 20.7 Å². The number of benzene rings is 2. The molecule has 0 saturated heterocycles. The molecule has 0 atom stereocenters. The Labute approximate surface area is 175 Å². The number of alkyl halides is 2. The molecule has 0 fully saturated rings. The number of nitrogens with one attached hydrogen (secondary N) is 3. The maximum absolute atomic E-state index is 12.6. The van der Waals surface area contributed by atoms with E-state index in [4.69, 9.17) is 0 Å². The zero-order chi connectivity index (χ0) is 21.5. The Morgan fingerprint density at radius 3 is 2.70 bits per heavy atom. The maximum Gasteiger partial charge on any atom is 0.387 e.